The number of hydrogen-bond donors (Lipinski definition) is 0. The normalized spacial score (nSPS) is 17.0. The van der Waals surface area contributed by atoms with E-state index in [2.05, 4.69) is 11.2 Å². The summed E-state index contributed by atoms with van der Waals surface area (Å²) in [5.41, 5.74) is 0.0250. The van der Waals surface area contributed by atoms with Crippen molar-refractivity contribution in [3.8, 4) is 6.07 Å². The van der Waals surface area contributed by atoms with Gasteiger partial charge in [0.1, 0.15) is 12.4 Å². The molecule has 6 heteroatoms. The topological polar surface area (TPSA) is 84.8 Å². The Balaban J connectivity index is 2.06. The zero-order valence-corrected chi connectivity index (χ0v) is 8.09. The highest BCUT2D eigenvalue weighted by atomic mass is 16.6. The van der Waals surface area contributed by atoms with Crippen LogP contribution >= 0.6 is 0 Å². The van der Waals surface area contributed by atoms with Crippen LogP contribution in [0.1, 0.15) is 19.3 Å². The van der Waals surface area contributed by atoms with Gasteiger partial charge in [-0.3, -0.25) is 14.8 Å². The second-order valence-corrected chi connectivity index (χ2v) is 3.99. The van der Waals surface area contributed by atoms with E-state index in [1.54, 1.807) is 4.68 Å². The number of nitrogens with zero attached hydrogens (tertiary/aromatic N) is 4. The highest BCUT2D eigenvalue weighted by molar-refractivity contribution is 5.21. The fraction of sp³-hybridized carbons (Fsp3) is 0.556. The van der Waals surface area contributed by atoms with E-state index in [-0.39, 0.29) is 11.1 Å². The Labute approximate surface area is 86.3 Å². The van der Waals surface area contributed by atoms with Crippen molar-refractivity contribution < 1.29 is 4.92 Å². The van der Waals surface area contributed by atoms with Crippen LogP contribution in [0.25, 0.3) is 0 Å². The van der Waals surface area contributed by atoms with Crippen LogP contribution in [0.2, 0.25) is 0 Å². The first-order valence-electron chi connectivity index (χ1n) is 4.69. The molecule has 1 saturated carbocycles. The predicted molar refractivity (Wildman–Crippen MR) is 50.8 cm³/mol. The summed E-state index contributed by atoms with van der Waals surface area (Å²) < 4.78 is 1.56. The van der Waals surface area contributed by atoms with E-state index in [0.717, 1.165) is 12.8 Å². The molecule has 6 nitrogen and oxygen atoms in total. The van der Waals surface area contributed by atoms with Crippen molar-refractivity contribution >= 4 is 5.69 Å². The molecule has 1 aliphatic carbocycles. The third-order valence-electron chi connectivity index (χ3n) is 2.74. The minimum Gasteiger partial charge on any atom is -0.265 e. The van der Waals surface area contributed by atoms with Gasteiger partial charge in [-0.05, 0) is 12.8 Å². The molecule has 1 aliphatic rings. The lowest BCUT2D eigenvalue weighted by molar-refractivity contribution is -0.385. The number of nitro groups is 1. The van der Waals surface area contributed by atoms with E-state index in [0.29, 0.717) is 13.0 Å². The van der Waals surface area contributed by atoms with Crippen molar-refractivity contribution in [1.29, 1.82) is 5.26 Å². The standard InChI is InChI=1S/C9H10N4O2/c10-4-3-9(1-2-9)7-12-6-8(5-11-12)13(14)15/h5-6H,1-3,7H2. The SMILES string of the molecule is N#CCC1(Cn2cc([N+](=O)[O-])cn2)CC1. The molecule has 0 N–H and O–H groups in total. The van der Waals surface area contributed by atoms with Gasteiger partial charge in [0.2, 0.25) is 0 Å². The molecule has 78 valence electrons. The van der Waals surface area contributed by atoms with Crippen molar-refractivity contribution in [2.24, 2.45) is 5.41 Å². The summed E-state index contributed by atoms with van der Waals surface area (Å²) in [6.07, 6.45) is 5.17. The molecule has 0 unspecified atom stereocenters. The zero-order chi connectivity index (χ0) is 10.9. The van der Waals surface area contributed by atoms with Gasteiger partial charge < -0.3 is 0 Å². The van der Waals surface area contributed by atoms with Gasteiger partial charge in [-0.1, -0.05) is 0 Å². The van der Waals surface area contributed by atoms with Crippen molar-refractivity contribution in [2.75, 3.05) is 0 Å². The van der Waals surface area contributed by atoms with Gasteiger partial charge in [-0.15, -0.1) is 0 Å². The van der Waals surface area contributed by atoms with Gasteiger partial charge in [0.05, 0.1) is 11.0 Å². The van der Waals surface area contributed by atoms with E-state index < -0.39 is 4.92 Å². The van der Waals surface area contributed by atoms with Gasteiger partial charge in [-0.2, -0.15) is 10.4 Å². The van der Waals surface area contributed by atoms with Crippen molar-refractivity contribution in [3.05, 3.63) is 22.5 Å². The molecule has 1 aromatic rings. The second kappa shape index (κ2) is 3.35. The molecule has 2 rings (SSSR count). The average molecular weight is 206 g/mol. The first-order valence-corrected chi connectivity index (χ1v) is 4.69. The molecule has 0 radical (unpaired) electrons. The van der Waals surface area contributed by atoms with Gasteiger partial charge in [0.25, 0.3) is 0 Å². The maximum absolute atomic E-state index is 10.4. The molecule has 0 bridgehead atoms. The zero-order valence-electron chi connectivity index (χ0n) is 8.09. The molecule has 1 heterocycles. The fourth-order valence-corrected chi connectivity index (χ4v) is 1.61. The Morgan fingerprint density at radius 3 is 2.93 bits per heavy atom. The summed E-state index contributed by atoms with van der Waals surface area (Å²) in [4.78, 5) is 9.96. The van der Waals surface area contributed by atoms with E-state index in [9.17, 15) is 10.1 Å². The van der Waals surface area contributed by atoms with Crippen LogP contribution in [0.4, 0.5) is 5.69 Å². The summed E-state index contributed by atoms with van der Waals surface area (Å²) >= 11 is 0. The summed E-state index contributed by atoms with van der Waals surface area (Å²) in [6, 6.07) is 2.15. The molecular formula is C9H10N4O2. The van der Waals surface area contributed by atoms with Gasteiger partial charge in [0.15, 0.2) is 0 Å². The summed E-state index contributed by atoms with van der Waals surface area (Å²) in [5, 5.41) is 23.0. The molecule has 0 amide bonds. The van der Waals surface area contributed by atoms with Gasteiger partial charge >= 0.3 is 5.69 Å². The van der Waals surface area contributed by atoms with Crippen molar-refractivity contribution in [1.82, 2.24) is 9.78 Å². The second-order valence-electron chi connectivity index (χ2n) is 3.99. The lowest BCUT2D eigenvalue weighted by atomic mass is 10.0. The first-order chi connectivity index (χ1) is 7.15. The lowest BCUT2D eigenvalue weighted by Crippen LogP contribution is -2.11. The Morgan fingerprint density at radius 2 is 2.47 bits per heavy atom. The maximum Gasteiger partial charge on any atom is 0.306 e. The van der Waals surface area contributed by atoms with E-state index >= 15 is 0 Å². The first kappa shape index (κ1) is 9.65. The number of hydrogen-bond acceptors (Lipinski definition) is 4. The smallest absolute Gasteiger partial charge is 0.265 e. The molecule has 0 spiro atoms. The minimum absolute atomic E-state index is 0.00255. The van der Waals surface area contributed by atoms with Crippen molar-refractivity contribution in [2.45, 2.75) is 25.8 Å². The van der Waals surface area contributed by atoms with E-state index in [1.165, 1.54) is 12.4 Å². The highest BCUT2D eigenvalue weighted by Crippen LogP contribution is 2.49. The van der Waals surface area contributed by atoms with E-state index in [1.807, 2.05) is 0 Å². The largest absolute Gasteiger partial charge is 0.306 e. The van der Waals surface area contributed by atoms with Gasteiger partial charge in [0, 0.05) is 18.4 Å². The molecule has 0 aromatic carbocycles. The molecule has 1 fully saturated rings. The third kappa shape index (κ3) is 1.96. The molecule has 1 aromatic heterocycles. The Bertz CT molecular complexity index is 428. The van der Waals surface area contributed by atoms with Crippen LogP contribution in [-0.2, 0) is 6.54 Å². The fourth-order valence-electron chi connectivity index (χ4n) is 1.61. The van der Waals surface area contributed by atoms with Crippen LogP contribution < -0.4 is 0 Å². The van der Waals surface area contributed by atoms with E-state index in [4.69, 9.17) is 5.26 Å². The Kier molecular flexibility index (Phi) is 2.15. The van der Waals surface area contributed by atoms with Crippen LogP contribution in [-0.4, -0.2) is 14.7 Å². The summed E-state index contributed by atoms with van der Waals surface area (Å²) in [7, 11) is 0. The third-order valence-corrected chi connectivity index (χ3v) is 2.74. The van der Waals surface area contributed by atoms with Crippen LogP contribution in [0.15, 0.2) is 12.4 Å². The maximum atomic E-state index is 10.4. The Morgan fingerprint density at radius 1 is 1.73 bits per heavy atom. The highest BCUT2D eigenvalue weighted by Gasteiger charge is 2.43. The Hall–Kier alpha value is -1.90. The van der Waals surface area contributed by atoms with Crippen LogP contribution in [0.5, 0.6) is 0 Å². The molecule has 0 atom stereocenters. The number of nitriles is 1. The summed E-state index contributed by atoms with van der Waals surface area (Å²) in [5.74, 6) is 0. The average Bonchev–Trinajstić information content (AvgIpc) is 2.77. The van der Waals surface area contributed by atoms with Crippen LogP contribution in [0.3, 0.4) is 0 Å². The molecule has 0 saturated heterocycles. The van der Waals surface area contributed by atoms with Crippen molar-refractivity contribution in [3.63, 3.8) is 0 Å². The minimum atomic E-state index is -0.465. The lowest BCUT2D eigenvalue weighted by Gasteiger charge is -2.09. The summed E-state index contributed by atoms with van der Waals surface area (Å²) in [6.45, 7) is 0.606. The quantitative estimate of drug-likeness (QED) is 0.551. The predicted octanol–water partition coefficient (Wildman–Crippen LogP) is 1.49. The number of aromatic nitrogens is 2. The molecule has 0 aliphatic heterocycles. The molecule has 15 heavy (non-hydrogen) atoms. The van der Waals surface area contributed by atoms with Crippen LogP contribution in [0, 0.1) is 26.9 Å². The van der Waals surface area contributed by atoms with Gasteiger partial charge in [-0.25, -0.2) is 0 Å². The number of rotatable bonds is 4. The molecular weight excluding hydrogens is 196 g/mol. The monoisotopic (exact) mass is 206 g/mol.